The molecule has 90 valence electrons. The highest BCUT2D eigenvalue weighted by atomic mass is 15.3. The standard InChI is InChI=1S/C11H21N5/c1-15-5-3-10(4-6-15)7-12-8-11-13-9-14-16(11)2/h9-10,12H,3-8H2,1-2H3. The van der Waals surface area contributed by atoms with Crippen LogP contribution in [0, 0.1) is 5.92 Å². The normalized spacial score (nSPS) is 19.1. The molecule has 1 aromatic rings. The van der Waals surface area contributed by atoms with E-state index in [4.69, 9.17) is 0 Å². The van der Waals surface area contributed by atoms with Crippen LogP contribution in [-0.4, -0.2) is 46.3 Å². The SMILES string of the molecule is CN1CCC(CNCc2ncnn2C)CC1. The first-order chi connectivity index (χ1) is 7.75. The van der Waals surface area contributed by atoms with E-state index in [1.54, 1.807) is 6.33 Å². The zero-order chi connectivity index (χ0) is 11.4. The third-order valence-electron chi connectivity index (χ3n) is 3.36. The number of aromatic nitrogens is 3. The van der Waals surface area contributed by atoms with E-state index >= 15 is 0 Å². The molecule has 0 atom stereocenters. The zero-order valence-corrected chi connectivity index (χ0v) is 10.2. The Morgan fingerprint density at radius 1 is 1.38 bits per heavy atom. The van der Waals surface area contributed by atoms with Crippen molar-refractivity contribution in [1.82, 2.24) is 25.0 Å². The monoisotopic (exact) mass is 223 g/mol. The lowest BCUT2D eigenvalue weighted by Crippen LogP contribution is -2.35. The van der Waals surface area contributed by atoms with E-state index in [1.807, 2.05) is 11.7 Å². The van der Waals surface area contributed by atoms with Gasteiger partial charge in [-0.3, -0.25) is 4.68 Å². The van der Waals surface area contributed by atoms with Crippen LogP contribution in [0.25, 0.3) is 0 Å². The molecular formula is C11H21N5. The summed E-state index contributed by atoms with van der Waals surface area (Å²) in [5.41, 5.74) is 0. The van der Waals surface area contributed by atoms with Crippen LogP contribution in [0.1, 0.15) is 18.7 Å². The second kappa shape index (κ2) is 5.41. The number of hydrogen-bond donors (Lipinski definition) is 1. The van der Waals surface area contributed by atoms with E-state index in [-0.39, 0.29) is 0 Å². The fourth-order valence-electron chi connectivity index (χ4n) is 2.13. The summed E-state index contributed by atoms with van der Waals surface area (Å²) < 4.78 is 1.82. The molecule has 1 saturated heterocycles. The summed E-state index contributed by atoms with van der Waals surface area (Å²) in [6.07, 6.45) is 4.22. The first kappa shape index (κ1) is 11.5. The molecule has 0 amide bonds. The molecule has 5 heteroatoms. The summed E-state index contributed by atoms with van der Waals surface area (Å²) in [6.45, 7) is 4.39. The number of nitrogens with one attached hydrogen (secondary N) is 1. The highest BCUT2D eigenvalue weighted by molar-refractivity contribution is 4.82. The van der Waals surface area contributed by atoms with Gasteiger partial charge in [0.25, 0.3) is 0 Å². The Labute approximate surface area is 96.8 Å². The summed E-state index contributed by atoms with van der Waals surface area (Å²) in [6, 6.07) is 0. The summed E-state index contributed by atoms with van der Waals surface area (Å²) in [4.78, 5) is 6.59. The molecule has 0 aliphatic carbocycles. The fourth-order valence-corrected chi connectivity index (χ4v) is 2.13. The van der Waals surface area contributed by atoms with E-state index in [0.29, 0.717) is 0 Å². The molecule has 16 heavy (non-hydrogen) atoms. The highest BCUT2D eigenvalue weighted by Gasteiger charge is 2.16. The minimum atomic E-state index is 0.822. The minimum absolute atomic E-state index is 0.822. The Balaban J connectivity index is 1.67. The number of likely N-dealkylation sites (tertiary alicyclic amines) is 1. The number of rotatable bonds is 4. The largest absolute Gasteiger partial charge is 0.310 e. The minimum Gasteiger partial charge on any atom is -0.310 e. The lowest BCUT2D eigenvalue weighted by Gasteiger charge is -2.28. The number of piperidine rings is 1. The van der Waals surface area contributed by atoms with Crippen molar-refractivity contribution in [3.63, 3.8) is 0 Å². The summed E-state index contributed by atoms with van der Waals surface area (Å²) in [5, 5.41) is 7.52. The van der Waals surface area contributed by atoms with Gasteiger partial charge in [-0.2, -0.15) is 5.10 Å². The van der Waals surface area contributed by atoms with Crippen molar-refractivity contribution in [2.24, 2.45) is 13.0 Å². The smallest absolute Gasteiger partial charge is 0.140 e. The Bertz CT molecular complexity index is 314. The predicted octanol–water partition coefficient (Wildman–Crippen LogP) is 0.246. The molecule has 5 nitrogen and oxygen atoms in total. The summed E-state index contributed by atoms with van der Waals surface area (Å²) in [5.74, 6) is 1.83. The molecule has 0 saturated carbocycles. The number of hydrogen-bond acceptors (Lipinski definition) is 4. The van der Waals surface area contributed by atoms with Crippen LogP contribution >= 0.6 is 0 Å². The number of nitrogens with zero attached hydrogens (tertiary/aromatic N) is 4. The molecule has 2 rings (SSSR count). The Hall–Kier alpha value is -0.940. The molecule has 0 bridgehead atoms. The van der Waals surface area contributed by atoms with Gasteiger partial charge < -0.3 is 10.2 Å². The van der Waals surface area contributed by atoms with Crippen molar-refractivity contribution in [1.29, 1.82) is 0 Å². The molecule has 0 spiro atoms. The molecule has 1 aromatic heterocycles. The van der Waals surface area contributed by atoms with Crippen LogP contribution in [0.15, 0.2) is 6.33 Å². The van der Waals surface area contributed by atoms with Crippen molar-refractivity contribution in [3.05, 3.63) is 12.2 Å². The first-order valence-electron chi connectivity index (χ1n) is 5.98. The van der Waals surface area contributed by atoms with Gasteiger partial charge in [0, 0.05) is 7.05 Å². The van der Waals surface area contributed by atoms with Gasteiger partial charge >= 0.3 is 0 Å². The predicted molar refractivity (Wildman–Crippen MR) is 62.9 cm³/mol. The molecule has 0 unspecified atom stereocenters. The van der Waals surface area contributed by atoms with Gasteiger partial charge in [0.1, 0.15) is 12.2 Å². The molecule has 1 aliphatic rings. The van der Waals surface area contributed by atoms with Crippen molar-refractivity contribution in [2.75, 3.05) is 26.7 Å². The second-order valence-electron chi connectivity index (χ2n) is 4.68. The average Bonchev–Trinajstić information content (AvgIpc) is 2.68. The van der Waals surface area contributed by atoms with Gasteiger partial charge in [-0.25, -0.2) is 4.98 Å². The molecule has 1 fully saturated rings. The molecule has 1 aliphatic heterocycles. The van der Waals surface area contributed by atoms with Crippen LogP contribution in [-0.2, 0) is 13.6 Å². The van der Waals surface area contributed by atoms with Crippen LogP contribution in [0.3, 0.4) is 0 Å². The molecular weight excluding hydrogens is 202 g/mol. The maximum atomic E-state index is 4.19. The molecule has 0 radical (unpaired) electrons. The maximum Gasteiger partial charge on any atom is 0.140 e. The maximum absolute atomic E-state index is 4.19. The average molecular weight is 223 g/mol. The molecule has 1 N–H and O–H groups in total. The zero-order valence-electron chi connectivity index (χ0n) is 10.2. The van der Waals surface area contributed by atoms with Crippen molar-refractivity contribution in [3.8, 4) is 0 Å². The van der Waals surface area contributed by atoms with Gasteiger partial charge in [0.15, 0.2) is 0 Å². The Morgan fingerprint density at radius 3 is 2.75 bits per heavy atom. The van der Waals surface area contributed by atoms with Crippen molar-refractivity contribution >= 4 is 0 Å². The van der Waals surface area contributed by atoms with Gasteiger partial charge in [-0.05, 0) is 45.4 Å². The van der Waals surface area contributed by atoms with Crippen LogP contribution in [0.2, 0.25) is 0 Å². The summed E-state index contributed by atoms with van der Waals surface area (Å²) >= 11 is 0. The highest BCUT2D eigenvalue weighted by Crippen LogP contribution is 2.14. The van der Waals surface area contributed by atoms with Crippen LogP contribution in [0.4, 0.5) is 0 Å². The third kappa shape index (κ3) is 3.02. The lowest BCUT2D eigenvalue weighted by molar-refractivity contribution is 0.215. The second-order valence-corrected chi connectivity index (χ2v) is 4.68. The van der Waals surface area contributed by atoms with E-state index in [2.05, 4.69) is 27.3 Å². The van der Waals surface area contributed by atoms with E-state index in [1.165, 1.54) is 25.9 Å². The topological polar surface area (TPSA) is 46.0 Å². The molecule has 0 aromatic carbocycles. The first-order valence-corrected chi connectivity index (χ1v) is 5.98. The van der Waals surface area contributed by atoms with Crippen LogP contribution < -0.4 is 5.32 Å². The van der Waals surface area contributed by atoms with Crippen molar-refractivity contribution < 1.29 is 0 Å². The van der Waals surface area contributed by atoms with Crippen LogP contribution in [0.5, 0.6) is 0 Å². The fraction of sp³-hybridized carbons (Fsp3) is 0.818. The summed E-state index contributed by atoms with van der Waals surface area (Å²) in [7, 11) is 4.13. The van der Waals surface area contributed by atoms with E-state index < -0.39 is 0 Å². The quantitative estimate of drug-likeness (QED) is 0.794. The van der Waals surface area contributed by atoms with Crippen molar-refractivity contribution in [2.45, 2.75) is 19.4 Å². The van der Waals surface area contributed by atoms with E-state index in [9.17, 15) is 0 Å². The Morgan fingerprint density at radius 2 is 2.12 bits per heavy atom. The van der Waals surface area contributed by atoms with Gasteiger partial charge in [-0.1, -0.05) is 0 Å². The lowest BCUT2D eigenvalue weighted by atomic mass is 9.97. The van der Waals surface area contributed by atoms with Gasteiger partial charge in [0.05, 0.1) is 6.54 Å². The van der Waals surface area contributed by atoms with Gasteiger partial charge in [0.2, 0.25) is 0 Å². The number of aryl methyl sites for hydroxylation is 1. The Kier molecular flexibility index (Phi) is 3.90. The third-order valence-corrected chi connectivity index (χ3v) is 3.36. The molecule has 2 heterocycles. The van der Waals surface area contributed by atoms with Gasteiger partial charge in [-0.15, -0.1) is 0 Å². The van der Waals surface area contributed by atoms with E-state index in [0.717, 1.165) is 24.8 Å².